The molecule has 0 saturated carbocycles. The summed E-state index contributed by atoms with van der Waals surface area (Å²) in [6.07, 6.45) is 0. The molecule has 0 amide bonds. The van der Waals surface area contributed by atoms with Crippen molar-refractivity contribution < 1.29 is 4.74 Å². The Morgan fingerprint density at radius 2 is 1.09 bits per heavy atom. The summed E-state index contributed by atoms with van der Waals surface area (Å²) in [6.45, 7) is 1.91. The number of rotatable bonds is 3. The van der Waals surface area contributed by atoms with Crippen molar-refractivity contribution in [2.45, 2.75) is 12.3 Å². The second kappa shape index (κ2) is 10.3. The lowest BCUT2D eigenvalue weighted by Crippen LogP contribution is -2.32. The lowest BCUT2D eigenvalue weighted by atomic mass is 9.66. The fourth-order valence-corrected chi connectivity index (χ4v) is 7.34. The molecule has 5 nitrogen and oxygen atoms in total. The first-order valence-electron chi connectivity index (χ1n) is 15.6. The highest BCUT2D eigenvalue weighted by Gasteiger charge is 2.51. The van der Waals surface area contributed by atoms with Crippen LogP contribution in [0.1, 0.15) is 33.6 Å². The Balaban J connectivity index is 1.23. The molecule has 1 spiro atoms. The number of nitrogens with zero attached hydrogens (tertiary/aromatic N) is 4. The highest BCUT2D eigenvalue weighted by molar-refractivity contribution is 5.90. The van der Waals surface area contributed by atoms with Gasteiger partial charge in [-0.25, -0.2) is 15.0 Å². The van der Waals surface area contributed by atoms with Crippen LogP contribution in [0.4, 0.5) is 0 Å². The van der Waals surface area contributed by atoms with Crippen molar-refractivity contribution in [1.82, 2.24) is 15.0 Å². The van der Waals surface area contributed by atoms with Gasteiger partial charge in [0.2, 0.25) is 0 Å². The first-order valence-corrected chi connectivity index (χ1v) is 15.6. The summed E-state index contributed by atoms with van der Waals surface area (Å²) in [6, 6.07) is 50.0. The molecular formula is C42H26N4O. The van der Waals surface area contributed by atoms with Crippen LogP contribution in [0, 0.1) is 18.3 Å². The topological polar surface area (TPSA) is 71.7 Å². The number of nitriles is 1. The minimum atomic E-state index is -0.565. The van der Waals surface area contributed by atoms with Gasteiger partial charge in [0.25, 0.3) is 0 Å². The van der Waals surface area contributed by atoms with E-state index in [4.69, 9.17) is 19.7 Å². The molecule has 6 aromatic carbocycles. The molecule has 1 aromatic heterocycles. The zero-order valence-corrected chi connectivity index (χ0v) is 25.5. The van der Waals surface area contributed by atoms with Crippen LogP contribution < -0.4 is 4.74 Å². The van der Waals surface area contributed by atoms with Gasteiger partial charge < -0.3 is 4.74 Å². The quantitative estimate of drug-likeness (QED) is 0.201. The number of aromatic nitrogens is 3. The molecule has 1 aliphatic heterocycles. The molecule has 0 unspecified atom stereocenters. The Bertz CT molecular complexity index is 2390. The molecular weight excluding hydrogens is 576 g/mol. The molecule has 2 aliphatic rings. The summed E-state index contributed by atoms with van der Waals surface area (Å²) in [7, 11) is 0. The minimum Gasteiger partial charge on any atom is -0.457 e. The van der Waals surface area contributed by atoms with Crippen LogP contribution in [0.15, 0.2) is 140 Å². The van der Waals surface area contributed by atoms with E-state index in [2.05, 4.69) is 91.0 Å². The van der Waals surface area contributed by atoms with E-state index in [9.17, 15) is 5.26 Å². The van der Waals surface area contributed by atoms with Crippen LogP contribution in [0.3, 0.4) is 0 Å². The van der Waals surface area contributed by atoms with Gasteiger partial charge in [-0.3, -0.25) is 0 Å². The van der Waals surface area contributed by atoms with Crippen molar-refractivity contribution in [1.29, 1.82) is 5.26 Å². The molecule has 0 saturated heterocycles. The van der Waals surface area contributed by atoms with Crippen LogP contribution in [-0.2, 0) is 5.41 Å². The average Bonchev–Trinajstić information content (AvgIpc) is 3.41. The maximum absolute atomic E-state index is 9.42. The Morgan fingerprint density at radius 1 is 0.511 bits per heavy atom. The van der Waals surface area contributed by atoms with Gasteiger partial charge in [-0.05, 0) is 76.7 Å². The van der Waals surface area contributed by atoms with E-state index in [0.29, 0.717) is 23.0 Å². The third kappa shape index (κ3) is 4.05. The molecule has 5 heteroatoms. The maximum Gasteiger partial charge on any atom is 0.163 e. The van der Waals surface area contributed by atoms with Crippen molar-refractivity contribution in [3.63, 3.8) is 0 Å². The summed E-state index contributed by atoms with van der Waals surface area (Å²) < 4.78 is 6.50. The van der Waals surface area contributed by atoms with Gasteiger partial charge in [-0.2, -0.15) is 5.26 Å². The highest BCUT2D eigenvalue weighted by atomic mass is 16.5. The summed E-state index contributed by atoms with van der Waals surface area (Å²) >= 11 is 0. The molecule has 0 fully saturated rings. The molecule has 0 bridgehead atoms. The number of fused-ring (bicyclic) bond motifs is 9. The SMILES string of the molecule is Cc1nc(-c2cccc(-c3cccc(C#N)c3)c2)nc(-c2ccc3c(c2)C2(c4ccccc4Oc4ccccc42)c2ccccc2-3)n1. The van der Waals surface area contributed by atoms with E-state index >= 15 is 0 Å². The van der Waals surface area contributed by atoms with E-state index in [1.165, 1.54) is 22.3 Å². The predicted octanol–water partition coefficient (Wildman–Crippen LogP) is 9.52. The second-order valence-corrected chi connectivity index (χ2v) is 12.0. The lowest BCUT2D eigenvalue weighted by molar-refractivity contribution is 0.436. The number of hydrogen-bond acceptors (Lipinski definition) is 5. The van der Waals surface area contributed by atoms with Crippen molar-refractivity contribution in [2.24, 2.45) is 0 Å². The zero-order chi connectivity index (χ0) is 31.5. The number of aryl methyl sites for hydroxylation is 1. The van der Waals surface area contributed by atoms with Crippen molar-refractivity contribution in [3.05, 3.63) is 173 Å². The molecule has 9 rings (SSSR count). The predicted molar refractivity (Wildman–Crippen MR) is 183 cm³/mol. The van der Waals surface area contributed by atoms with E-state index in [1.54, 1.807) is 0 Å². The Labute approximate surface area is 272 Å². The monoisotopic (exact) mass is 602 g/mol. The number of hydrogen-bond donors (Lipinski definition) is 0. The Morgan fingerprint density at radius 3 is 1.81 bits per heavy atom. The first kappa shape index (κ1) is 27.0. The van der Waals surface area contributed by atoms with Gasteiger partial charge >= 0.3 is 0 Å². The van der Waals surface area contributed by atoms with E-state index < -0.39 is 5.41 Å². The van der Waals surface area contributed by atoms with Gasteiger partial charge in [0.15, 0.2) is 11.6 Å². The summed E-state index contributed by atoms with van der Waals surface area (Å²) in [5.74, 6) is 3.58. The third-order valence-corrected chi connectivity index (χ3v) is 9.30. The summed E-state index contributed by atoms with van der Waals surface area (Å²) in [5.41, 5.74) is 10.9. The van der Waals surface area contributed by atoms with Crippen LogP contribution >= 0.6 is 0 Å². The van der Waals surface area contributed by atoms with Gasteiger partial charge in [0.1, 0.15) is 17.3 Å². The minimum absolute atomic E-state index is 0.565. The average molecular weight is 603 g/mol. The zero-order valence-electron chi connectivity index (χ0n) is 25.5. The van der Waals surface area contributed by atoms with E-state index in [-0.39, 0.29) is 0 Å². The fraction of sp³-hybridized carbons (Fsp3) is 0.0476. The maximum atomic E-state index is 9.42. The summed E-state index contributed by atoms with van der Waals surface area (Å²) in [5, 5.41) is 9.42. The van der Waals surface area contributed by atoms with E-state index in [1.807, 2.05) is 61.5 Å². The molecule has 220 valence electrons. The van der Waals surface area contributed by atoms with Crippen molar-refractivity contribution >= 4 is 0 Å². The standard InChI is InChI=1S/C42H26N4O/c1-26-44-40(30-13-9-12-29(23-30)28-11-8-10-27(22-28)25-43)46-41(45-26)31-20-21-33-32-14-2-3-15-34(32)42(37(33)24-31)35-16-4-6-18-38(35)47-39-19-7-5-17-36(39)42/h2-24H,1H3. The van der Waals surface area contributed by atoms with Crippen LogP contribution in [0.25, 0.3) is 45.0 Å². The second-order valence-electron chi connectivity index (χ2n) is 12.0. The van der Waals surface area contributed by atoms with Gasteiger partial charge in [-0.1, -0.05) is 103 Å². The highest BCUT2D eigenvalue weighted by Crippen LogP contribution is 2.62. The van der Waals surface area contributed by atoms with Crippen LogP contribution in [0.5, 0.6) is 11.5 Å². The number of ether oxygens (including phenoxy) is 1. The van der Waals surface area contributed by atoms with Crippen molar-refractivity contribution in [3.8, 4) is 62.6 Å². The molecule has 7 aromatic rings. The molecule has 0 N–H and O–H groups in total. The Hall–Kier alpha value is -6.38. The molecule has 0 atom stereocenters. The first-order chi connectivity index (χ1) is 23.1. The summed E-state index contributed by atoms with van der Waals surface area (Å²) in [4.78, 5) is 14.6. The smallest absolute Gasteiger partial charge is 0.163 e. The number of benzene rings is 6. The van der Waals surface area contributed by atoms with Crippen LogP contribution in [0.2, 0.25) is 0 Å². The third-order valence-electron chi connectivity index (χ3n) is 9.30. The normalized spacial score (nSPS) is 13.1. The largest absolute Gasteiger partial charge is 0.457 e. The molecule has 0 radical (unpaired) electrons. The van der Waals surface area contributed by atoms with Gasteiger partial charge in [0.05, 0.1) is 17.0 Å². The molecule has 1 aliphatic carbocycles. The van der Waals surface area contributed by atoms with E-state index in [0.717, 1.165) is 44.9 Å². The molecule has 47 heavy (non-hydrogen) atoms. The van der Waals surface area contributed by atoms with Crippen LogP contribution in [-0.4, -0.2) is 15.0 Å². The lowest BCUT2D eigenvalue weighted by Gasteiger charge is -2.39. The van der Waals surface area contributed by atoms with Crippen molar-refractivity contribution in [2.75, 3.05) is 0 Å². The Kier molecular flexibility index (Phi) is 5.93. The van der Waals surface area contributed by atoms with Gasteiger partial charge in [-0.15, -0.1) is 0 Å². The fourth-order valence-electron chi connectivity index (χ4n) is 7.34. The number of para-hydroxylation sites is 2. The van der Waals surface area contributed by atoms with Gasteiger partial charge in [0, 0.05) is 22.3 Å². The molecule has 2 heterocycles.